The highest BCUT2D eigenvalue weighted by Crippen LogP contribution is 2.34. The number of hydrogen-bond acceptors (Lipinski definition) is 5. The first-order valence-electron chi connectivity index (χ1n) is 15.2. The van der Waals surface area contributed by atoms with Crippen molar-refractivity contribution in [2.24, 2.45) is 0 Å². The molecule has 250 valence electrons. The highest BCUT2D eigenvalue weighted by atomic mass is 35.5. The van der Waals surface area contributed by atoms with Crippen LogP contribution in [0.5, 0.6) is 0 Å². The molecule has 0 fully saturated rings. The molecule has 6 nitrogen and oxygen atoms in total. The third-order valence-electron chi connectivity index (χ3n) is 7.59. The standard InChI is InChI=1S/C38H31Cl2F3N4O2/c1-25-32(21-16-27-8-6-7-11-33(27)38(41,42)43)36(46-35(45-25)29-9-4-3-5-10-29)47(22-23-49-2)34(28-14-19-31(40)20-15-28)37(48)44-24-26-12-17-30(39)18-13-26/h3-15,17-20,34H,22-24H2,1-2H3,(H,44,48). The summed E-state index contributed by atoms with van der Waals surface area (Å²) >= 11 is 12.3. The molecule has 1 aromatic heterocycles. The Morgan fingerprint density at radius 1 is 0.878 bits per heavy atom. The minimum Gasteiger partial charge on any atom is -0.383 e. The Morgan fingerprint density at radius 2 is 1.51 bits per heavy atom. The van der Waals surface area contributed by atoms with Crippen LogP contribution in [0.3, 0.4) is 0 Å². The van der Waals surface area contributed by atoms with Crippen molar-refractivity contribution in [2.45, 2.75) is 25.7 Å². The number of aromatic nitrogens is 2. The second kappa shape index (κ2) is 16.0. The van der Waals surface area contributed by atoms with Crippen LogP contribution in [0.15, 0.2) is 103 Å². The Labute approximate surface area is 292 Å². The number of halogens is 5. The first-order chi connectivity index (χ1) is 23.5. The first-order valence-corrected chi connectivity index (χ1v) is 16.0. The maximum absolute atomic E-state index is 14.3. The number of nitrogens with one attached hydrogen (secondary N) is 1. The van der Waals surface area contributed by atoms with Gasteiger partial charge in [0.15, 0.2) is 5.82 Å². The second-order valence-corrected chi connectivity index (χ2v) is 11.8. The molecule has 0 spiro atoms. The predicted molar refractivity (Wildman–Crippen MR) is 186 cm³/mol. The average molecular weight is 704 g/mol. The molecule has 5 rings (SSSR count). The lowest BCUT2D eigenvalue weighted by Crippen LogP contribution is -2.43. The predicted octanol–water partition coefficient (Wildman–Crippen LogP) is 8.69. The Balaban J connectivity index is 1.70. The summed E-state index contributed by atoms with van der Waals surface area (Å²) in [4.78, 5) is 25.6. The van der Waals surface area contributed by atoms with E-state index in [9.17, 15) is 18.0 Å². The molecule has 1 N–H and O–H groups in total. The average Bonchev–Trinajstić information content (AvgIpc) is 3.09. The van der Waals surface area contributed by atoms with Crippen molar-refractivity contribution >= 4 is 34.9 Å². The van der Waals surface area contributed by atoms with E-state index in [1.54, 1.807) is 48.2 Å². The minimum absolute atomic E-state index is 0.163. The summed E-state index contributed by atoms with van der Waals surface area (Å²) in [7, 11) is 1.53. The van der Waals surface area contributed by atoms with Gasteiger partial charge in [-0.15, -0.1) is 0 Å². The number of rotatable bonds is 10. The van der Waals surface area contributed by atoms with Gasteiger partial charge in [0.25, 0.3) is 0 Å². The molecular weight excluding hydrogens is 672 g/mol. The van der Waals surface area contributed by atoms with E-state index in [-0.39, 0.29) is 42.5 Å². The summed E-state index contributed by atoms with van der Waals surface area (Å²) in [5.41, 5.74) is 1.74. The number of ether oxygens (including phenoxy) is 1. The maximum Gasteiger partial charge on any atom is 0.417 e. The van der Waals surface area contributed by atoms with Crippen LogP contribution in [-0.4, -0.2) is 36.1 Å². The van der Waals surface area contributed by atoms with Crippen LogP contribution in [0.4, 0.5) is 19.0 Å². The number of alkyl halides is 3. The largest absolute Gasteiger partial charge is 0.417 e. The van der Waals surface area contributed by atoms with Crippen molar-refractivity contribution in [1.29, 1.82) is 0 Å². The fourth-order valence-corrected chi connectivity index (χ4v) is 5.40. The zero-order chi connectivity index (χ0) is 35.0. The maximum atomic E-state index is 14.3. The van der Waals surface area contributed by atoms with Gasteiger partial charge in [0, 0.05) is 41.4 Å². The third-order valence-corrected chi connectivity index (χ3v) is 8.10. The van der Waals surface area contributed by atoms with Gasteiger partial charge in [0.1, 0.15) is 11.9 Å². The number of amides is 1. The van der Waals surface area contributed by atoms with Gasteiger partial charge in [-0.1, -0.05) is 102 Å². The van der Waals surface area contributed by atoms with E-state index in [0.717, 1.165) is 11.6 Å². The molecule has 0 saturated heterocycles. The molecule has 1 unspecified atom stereocenters. The van der Waals surface area contributed by atoms with Crippen molar-refractivity contribution < 1.29 is 22.7 Å². The number of carbonyl (C=O) groups excluding carboxylic acids is 1. The highest BCUT2D eigenvalue weighted by molar-refractivity contribution is 6.30. The molecule has 0 radical (unpaired) electrons. The molecule has 0 aliphatic heterocycles. The van der Waals surface area contributed by atoms with E-state index >= 15 is 0 Å². The Hall–Kier alpha value is -4.88. The van der Waals surface area contributed by atoms with Crippen LogP contribution in [0.2, 0.25) is 10.0 Å². The summed E-state index contributed by atoms with van der Waals surface area (Å²) in [6.45, 7) is 2.26. The molecule has 0 aliphatic rings. The normalized spacial score (nSPS) is 11.7. The molecule has 0 bridgehead atoms. The SMILES string of the molecule is COCCN(c1nc(-c2ccccc2)nc(C)c1C#Cc1ccccc1C(F)(F)F)C(C(=O)NCc1ccc(Cl)cc1)c1ccc(Cl)cc1. The smallest absolute Gasteiger partial charge is 0.383 e. The van der Waals surface area contributed by atoms with Crippen molar-refractivity contribution in [3.05, 3.63) is 147 Å². The number of benzene rings is 4. The van der Waals surface area contributed by atoms with Gasteiger partial charge in [0.05, 0.1) is 23.4 Å². The Kier molecular flexibility index (Phi) is 11.6. The number of hydrogen-bond donors (Lipinski definition) is 1. The van der Waals surface area contributed by atoms with Crippen LogP contribution in [0, 0.1) is 18.8 Å². The van der Waals surface area contributed by atoms with E-state index in [4.69, 9.17) is 37.9 Å². The van der Waals surface area contributed by atoms with Gasteiger partial charge >= 0.3 is 6.18 Å². The third kappa shape index (κ3) is 8.98. The van der Waals surface area contributed by atoms with Crippen molar-refractivity contribution in [1.82, 2.24) is 15.3 Å². The van der Waals surface area contributed by atoms with Crippen molar-refractivity contribution in [2.75, 3.05) is 25.2 Å². The van der Waals surface area contributed by atoms with Crippen LogP contribution in [0.1, 0.15) is 39.6 Å². The molecule has 0 saturated carbocycles. The number of anilines is 1. The highest BCUT2D eigenvalue weighted by Gasteiger charge is 2.33. The van der Waals surface area contributed by atoms with E-state index in [1.165, 1.54) is 25.3 Å². The molecule has 1 atom stereocenters. The van der Waals surface area contributed by atoms with Crippen molar-refractivity contribution in [3.63, 3.8) is 0 Å². The van der Waals surface area contributed by atoms with Gasteiger partial charge in [0.2, 0.25) is 5.91 Å². The molecule has 4 aromatic carbocycles. The number of aryl methyl sites for hydroxylation is 1. The molecule has 49 heavy (non-hydrogen) atoms. The lowest BCUT2D eigenvalue weighted by atomic mass is 10.0. The van der Waals surface area contributed by atoms with E-state index in [0.29, 0.717) is 32.7 Å². The van der Waals surface area contributed by atoms with Crippen molar-refractivity contribution in [3.8, 4) is 23.2 Å². The number of methoxy groups -OCH3 is 1. The molecule has 5 aromatic rings. The molecular formula is C38H31Cl2F3N4O2. The van der Waals surface area contributed by atoms with Gasteiger partial charge < -0.3 is 15.0 Å². The molecule has 0 aliphatic carbocycles. The summed E-state index contributed by atoms with van der Waals surface area (Å²) in [6.07, 6.45) is -4.61. The minimum atomic E-state index is -4.61. The number of carbonyl (C=O) groups is 1. The quantitative estimate of drug-likeness (QED) is 0.148. The fourth-order valence-electron chi connectivity index (χ4n) is 5.15. The van der Waals surface area contributed by atoms with E-state index < -0.39 is 17.8 Å². The van der Waals surface area contributed by atoms with Gasteiger partial charge in [-0.05, 0) is 54.4 Å². The van der Waals surface area contributed by atoms with Gasteiger partial charge in [-0.3, -0.25) is 4.79 Å². The van der Waals surface area contributed by atoms with E-state index in [2.05, 4.69) is 17.2 Å². The molecule has 11 heteroatoms. The first kappa shape index (κ1) is 35.4. The zero-order valence-electron chi connectivity index (χ0n) is 26.6. The summed E-state index contributed by atoms with van der Waals surface area (Å²) in [6, 6.07) is 27.3. The lowest BCUT2D eigenvalue weighted by molar-refractivity contribution is -0.137. The van der Waals surface area contributed by atoms with Crippen LogP contribution in [0.25, 0.3) is 11.4 Å². The second-order valence-electron chi connectivity index (χ2n) is 11.0. The summed E-state index contributed by atoms with van der Waals surface area (Å²) in [5, 5.41) is 4.07. The van der Waals surface area contributed by atoms with Gasteiger partial charge in [-0.25, -0.2) is 9.97 Å². The van der Waals surface area contributed by atoms with E-state index in [1.807, 2.05) is 42.5 Å². The summed E-state index contributed by atoms with van der Waals surface area (Å²) in [5.74, 6) is 5.90. The molecule has 1 heterocycles. The number of nitrogens with zero attached hydrogens (tertiary/aromatic N) is 3. The van der Waals surface area contributed by atoms with Crippen LogP contribution >= 0.6 is 23.2 Å². The fraction of sp³-hybridized carbons (Fsp3) is 0.184. The topological polar surface area (TPSA) is 67.3 Å². The lowest BCUT2D eigenvalue weighted by Gasteiger charge is -2.33. The Morgan fingerprint density at radius 3 is 2.16 bits per heavy atom. The summed E-state index contributed by atoms with van der Waals surface area (Å²) < 4.78 is 47.2. The molecule has 1 amide bonds. The Bertz CT molecular complexity index is 1960. The van der Waals surface area contributed by atoms with Gasteiger partial charge in [-0.2, -0.15) is 13.2 Å². The van der Waals surface area contributed by atoms with Crippen LogP contribution < -0.4 is 10.2 Å². The zero-order valence-corrected chi connectivity index (χ0v) is 28.1. The monoisotopic (exact) mass is 702 g/mol. The van der Waals surface area contributed by atoms with Crippen LogP contribution in [-0.2, 0) is 22.3 Å².